The third-order valence-corrected chi connectivity index (χ3v) is 5.06. The number of aromatic nitrogens is 1. The standard InChI is InChI=1S/C22H30N4O2/c1-17-6-7-20(18(2)15-17)28-14-8-21(27)24-16-19-5-4-9-23-22(19)26-12-10-25(3)11-13-26/h4-7,9,15H,8,10-14,16H2,1-3H3,(H,24,27). The van der Waals surface area contributed by atoms with Gasteiger partial charge in [0.2, 0.25) is 5.91 Å². The van der Waals surface area contributed by atoms with Crippen LogP contribution in [-0.4, -0.2) is 55.6 Å². The monoisotopic (exact) mass is 382 g/mol. The molecule has 1 fully saturated rings. The van der Waals surface area contributed by atoms with Gasteiger partial charge in [0.15, 0.2) is 0 Å². The summed E-state index contributed by atoms with van der Waals surface area (Å²) in [5.74, 6) is 1.79. The van der Waals surface area contributed by atoms with E-state index in [2.05, 4.69) is 40.1 Å². The van der Waals surface area contributed by atoms with Crippen LogP contribution in [0.2, 0.25) is 0 Å². The molecule has 0 bridgehead atoms. The van der Waals surface area contributed by atoms with Gasteiger partial charge in [-0.1, -0.05) is 23.8 Å². The number of carbonyl (C=O) groups is 1. The molecular weight excluding hydrogens is 352 g/mol. The maximum Gasteiger partial charge on any atom is 0.223 e. The lowest BCUT2D eigenvalue weighted by molar-refractivity contribution is -0.121. The predicted octanol–water partition coefficient (Wildman–Crippen LogP) is 2.54. The highest BCUT2D eigenvalue weighted by Crippen LogP contribution is 2.20. The van der Waals surface area contributed by atoms with E-state index < -0.39 is 0 Å². The number of hydrogen-bond acceptors (Lipinski definition) is 5. The van der Waals surface area contributed by atoms with Crippen LogP contribution in [-0.2, 0) is 11.3 Å². The van der Waals surface area contributed by atoms with Crippen molar-refractivity contribution < 1.29 is 9.53 Å². The third-order valence-electron chi connectivity index (χ3n) is 5.06. The first-order valence-corrected chi connectivity index (χ1v) is 9.87. The molecule has 0 aliphatic carbocycles. The molecule has 0 unspecified atom stereocenters. The van der Waals surface area contributed by atoms with Crippen molar-refractivity contribution in [2.45, 2.75) is 26.8 Å². The third kappa shape index (κ3) is 5.45. The number of piperazine rings is 1. The molecule has 1 aliphatic heterocycles. The van der Waals surface area contributed by atoms with E-state index in [4.69, 9.17) is 4.74 Å². The van der Waals surface area contributed by atoms with E-state index in [0.717, 1.165) is 48.9 Å². The second-order valence-electron chi connectivity index (χ2n) is 7.42. The number of aryl methyl sites for hydroxylation is 2. The molecule has 0 atom stereocenters. The Bertz CT molecular complexity index is 801. The van der Waals surface area contributed by atoms with E-state index in [9.17, 15) is 4.79 Å². The van der Waals surface area contributed by atoms with Crippen molar-refractivity contribution >= 4 is 11.7 Å². The van der Waals surface area contributed by atoms with Crippen LogP contribution in [0.1, 0.15) is 23.1 Å². The summed E-state index contributed by atoms with van der Waals surface area (Å²) in [6, 6.07) is 10.0. The number of amides is 1. The van der Waals surface area contributed by atoms with Gasteiger partial charge in [-0.15, -0.1) is 0 Å². The molecule has 2 heterocycles. The number of ether oxygens (including phenoxy) is 1. The van der Waals surface area contributed by atoms with Gasteiger partial charge in [-0.3, -0.25) is 4.79 Å². The van der Waals surface area contributed by atoms with Gasteiger partial charge >= 0.3 is 0 Å². The van der Waals surface area contributed by atoms with E-state index in [1.165, 1.54) is 5.56 Å². The summed E-state index contributed by atoms with van der Waals surface area (Å²) in [5, 5.41) is 3.00. The van der Waals surface area contributed by atoms with Crippen molar-refractivity contribution in [1.29, 1.82) is 0 Å². The highest BCUT2D eigenvalue weighted by molar-refractivity contribution is 5.76. The Morgan fingerprint density at radius 3 is 2.71 bits per heavy atom. The zero-order valence-corrected chi connectivity index (χ0v) is 17.1. The Morgan fingerprint density at radius 1 is 1.18 bits per heavy atom. The maximum absolute atomic E-state index is 12.2. The van der Waals surface area contributed by atoms with Crippen molar-refractivity contribution in [2.75, 3.05) is 44.7 Å². The van der Waals surface area contributed by atoms with Gasteiger partial charge in [-0.25, -0.2) is 4.98 Å². The molecule has 1 N–H and O–H groups in total. The summed E-state index contributed by atoms with van der Waals surface area (Å²) in [7, 11) is 2.14. The molecule has 28 heavy (non-hydrogen) atoms. The lowest BCUT2D eigenvalue weighted by atomic mass is 10.1. The minimum Gasteiger partial charge on any atom is -0.493 e. The van der Waals surface area contributed by atoms with Gasteiger partial charge in [-0.2, -0.15) is 0 Å². The van der Waals surface area contributed by atoms with E-state index in [1.54, 1.807) is 0 Å². The van der Waals surface area contributed by atoms with Crippen LogP contribution in [0.15, 0.2) is 36.5 Å². The van der Waals surface area contributed by atoms with Gasteiger partial charge < -0.3 is 19.9 Å². The maximum atomic E-state index is 12.2. The number of nitrogens with one attached hydrogen (secondary N) is 1. The first-order chi connectivity index (χ1) is 13.5. The highest BCUT2D eigenvalue weighted by atomic mass is 16.5. The quantitative estimate of drug-likeness (QED) is 0.798. The van der Waals surface area contributed by atoms with Crippen LogP contribution in [0.4, 0.5) is 5.82 Å². The minimum absolute atomic E-state index is 0.0158. The Hall–Kier alpha value is -2.60. The second-order valence-corrected chi connectivity index (χ2v) is 7.42. The molecule has 1 aliphatic rings. The summed E-state index contributed by atoms with van der Waals surface area (Å²) >= 11 is 0. The Labute approximate surface area is 167 Å². The first-order valence-electron chi connectivity index (χ1n) is 9.87. The fourth-order valence-electron chi connectivity index (χ4n) is 3.37. The van der Waals surface area contributed by atoms with Crippen LogP contribution in [0, 0.1) is 13.8 Å². The molecular formula is C22H30N4O2. The normalized spacial score (nSPS) is 14.8. The van der Waals surface area contributed by atoms with Gasteiger partial charge in [-0.05, 0) is 38.6 Å². The number of pyridine rings is 1. The van der Waals surface area contributed by atoms with E-state index in [0.29, 0.717) is 19.6 Å². The number of nitrogens with zero attached hydrogens (tertiary/aromatic N) is 3. The highest BCUT2D eigenvalue weighted by Gasteiger charge is 2.18. The van der Waals surface area contributed by atoms with E-state index in [-0.39, 0.29) is 5.91 Å². The van der Waals surface area contributed by atoms with Gasteiger partial charge in [0.1, 0.15) is 11.6 Å². The predicted molar refractivity (Wildman–Crippen MR) is 112 cm³/mol. The largest absolute Gasteiger partial charge is 0.493 e. The molecule has 3 rings (SSSR count). The minimum atomic E-state index is -0.0158. The Morgan fingerprint density at radius 2 is 1.96 bits per heavy atom. The zero-order chi connectivity index (χ0) is 19.9. The molecule has 0 spiro atoms. The molecule has 0 radical (unpaired) electrons. The number of rotatable bonds is 7. The molecule has 1 saturated heterocycles. The average molecular weight is 383 g/mol. The molecule has 1 aromatic heterocycles. The summed E-state index contributed by atoms with van der Waals surface area (Å²) in [4.78, 5) is 21.4. The SMILES string of the molecule is Cc1ccc(OCCC(=O)NCc2cccnc2N2CCN(C)CC2)c(C)c1. The van der Waals surface area contributed by atoms with Crippen LogP contribution < -0.4 is 15.0 Å². The van der Waals surface area contributed by atoms with Crippen LogP contribution in [0.5, 0.6) is 5.75 Å². The first kappa shape index (κ1) is 20.1. The van der Waals surface area contributed by atoms with Crippen molar-refractivity contribution in [2.24, 2.45) is 0 Å². The molecule has 6 heteroatoms. The fraction of sp³-hybridized carbons (Fsp3) is 0.455. The van der Waals surface area contributed by atoms with Crippen molar-refractivity contribution in [3.63, 3.8) is 0 Å². The Balaban J connectivity index is 1.48. The zero-order valence-electron chi connectivity index (χ0n) is 17.1. The molecule has 2 aromatic rings. The van der Waals surface area contributed by atoms with Gasteiger partial charge in [0, 0.05) is 44.5 Å². The van der Waals surface area contributed by atoms with Crippen molar-refractivity contribution in [3.8, 4) is 5.75 Å². The molecule has 1 aromatic carbocycles. The van der Waals surface area contributed by atoms with Gasteiger partial charge in [0.05, 0.1) is 13.0 Å². The fourth-order valence-corrected chi connectivity index (χ4v) is 3.37. The van der Waals surface area contributed by atoms with Crippen LogP contribution in [0.3, 0.4) is 0 Å². The molecule has 6 nitrogen and oxygen atoms in total. The van der Waals surface area contributed by atoms with Crippen LogP contribution >= 0.6 is 0 Å². The average Bonchev–Trinajstić information content (AvgIpc) is 2.69. The summed E-state index contributed by atoms with van der Waals surface area (Å²) in [6.07, 6.45) is 2.15. The summed E-state index contributed by atoms with van der Waals surface area (Å²) < 4.78 is 5.76. The number of hydrogen-bond donors (Lipinski definition) is 1. The smallest absolute Gasteiger partial charge is 0.223 e. The van der Waals surface area contributed by atoms with Crippen LogP contribution in [0.25, 0.3) is 0 Å². The van der Waals surface area contributed by atoms with E-state index >= 15 is 0 Å². The number of carbonyl (C=O) groups excluding carboxylic acids is 1. The lowest BCUT2D eigenvalue weighted by Gasteiger charge is -2.34. The van der Waals surface area contributed by atoms with Crippen molar-refractivity contribution in [3.05, 3.63) is 53.2 Å². The number of benzene rings is 1. The number of likely N-dealkylation sites (N-methyl/N-ethyl adjacent to an activating group) is 1. The lowest BCUT2D eigenvalue weighted by Crippen LogP contribution is -2.45. The van der Waals surface area contributed by atoms with Crippen molar-refractivity contribution in [1.82, 2.24) is 15.2 Å². The summed E-state index contributed by atoms with van der Waals surface area (Å²) in [5.41, 5.74) is 3.35. The number of anilines is 1. The Kier molecular flexibility index (Phi) is 6.87. The second kappa shape index (κ2) is 9.55. The molecule has 150 valence electrons. The van der Waals surface area contributed by atoms with E-state index in [1.807, 2.05) is 37.4 Å². The molecule has 1 amide bonds. The topological polar surface area (TPSA) is 57.7 Å². The summed E-state index contributed by atoms with van der Waals surface area (Å²) in [6.45, 7) is 8.89. The van der Waals surface area contributed by atoms with Gasteiger partial charge in [0.25, 0.3) is 0 Å². The molecule has 0 saturated carbocycles.